The lowest BCUT2D eigenvalue weighted by molar-refractivity contribution is -0.384. The van der Waals surface area contributed by atoms with Crippen molar-refractivity contribution < 1.29 is 9.66 Å². The molecule has 0 aliphatic carbocycles. The summed E-state index contributed by atoms with van der Waals surface area (Å²) in [5, 5.41) is 16.1. The van der Waals surface area contributed by atoms with Gasteiger partial charge in [0, 0.05) is 11.4 Å². The van der Waals surface area contributed by atoms with Crippen LogP contribution >= 0.6 is 11.3 Å². The molecule has 0 fully saturated rings. The molecule has 6 heteroatoms. The van der Waals surface area contributed by atoms with Crippen molar-refractivity contribution in [2.45, 2.75) is 6.42 Å². The Bertz CT molecular complexity index is 555. The predicted octanol–water partition coefficient (Wildman–Crippen LogP) is 3.32. The second-order valence-corrected chi connectivity index (χ2v) is 4.93. The Morgan fingerprint density at radius 3 is 2.89 bits per heavy atom. The molecule has 0 saturated heterocycles. The summed E-state index contributed by atoms with van der Waals surface area (Å²) < 4.78 is 4.99. The highest BCUT2D eigenvalue weighted by molar-refractivity contribution is 7.09. The number of hydrogen-bond donors (Lipinski definition) is 1. The third-order valence-corrected chi connectivity index (χ3v) is 3.60. The normalized spacial score (nSPS) is 10.2. The van der Waals surface area contributed by atoms with E-state index in [1.807, 2.05) is 11.4 Å². The third kappa shape index (κ3) is 3.45. The zero-order valence-corrected chi connectivity index (χ0v) is 11.3. The van der Waals surface area contributed by atoms with Gasteiger partial charge in [-0.1, -0.05) is 6.07 Å². The van der Waals surface area contributed by atoms with Crippen molar-refractivity contribution in [3.05, 3.63) is 50.7 Å². The average molecular weight is 278 g/mol. The lowest BCUT2D eigenvalue weighted by atomic mass is 10.2. The van der Waals surface area contributed by atoms with E-state index >= 15 is 0 Å². The van der Waals surface area contributed by atoms with E-state index in [1.165, 1.54) is 18.1 Å². The van der Waals surface area contributed by atoms with Gasteiger partial charge in [0.25, 0.3) is 5.69 Å². The lowest BCUT2D eigenvalue weighted by Gasteiger charge is -2.07. The van der Waals surface area contributed by atoms with Crippen LogP contribution < -0.4 is 10.1 Å². The quantitative estimate of drug-likeness (QED) is 0.650. The fraction of sp³-hybridized carbons (Fsp3) is 0.231. The lowest BCUT2D eigenvalue weighted by Crippen LogP contribution is -2.06. The Balaban J connectivity index is 2.04. The Hall–Kier alpha value is -2.08. The van der Waals surface area contributed by atoms with Crippen LogP contribution in [-0.4, -0.2) is 18.6 Å². The van der Waals surface area contributed by atoms with Gasteiger partial charge in [0.15, 0.2) is 0 Å². The van der Waals surface area contributed by atoms with Crippen molar-refractivity contribution in [2.24, 2.45) is 0 Å². The van der Waals surface area contributed by atoms with Gasteiger partial charge in [-0.2, -0.15) is 0 Å². The minimum Gasteiger partial charge on any atom is -0.496 e. The smallest absolute Gasteiger partial charge is 0.296 e. The Kier molecular flexibility index (Phi) is 4.35. The van der Waals surface area contributed by atoms with Crippen LogP contribution in [0.4, 0.5) is 11.4 Å². The molecule has 1 heterocycles. The third-order valence-electron chi connectivity index (χ3n) is 2.67. The van der Waals surface area contributed by atoms with Crippen LogP contribution in [0.3, 0.4) is 0 Å². The van der Waals surface area contributed by atoms with Crippen LogP contribution in [0.5, 0.6) is 5.75 Å². The average Bonchev–Trinajstić information content (AvgIpc) is 2.92. The first-order chi connectivity index (χ1) is 9.20. The number of anilines is 1. The van der Waals surface area contributed by atoms with Crippen molar-refractivity contribution in [2.75, 3.05) is 19.0 Å². The zero-order valence-electron chi connectivity index (χ0n) is 10.5. The predicted molar refractivity (Wildman–Crippen MR) is 76.2 cm³/mol. The molecule has 1 aromatic heterocycles. The summed E-state index contributed by atoms with van der Waals surface area (Å²) in [4.78, 5) is 11.8. The van der Waals surface area contributed by atoms with Gasteiger partial charge < -0.3 is 10.1 Å². The monoisotopic (exact) mass is 278 g/mol. The van der Waals surface area contributed by atoms with E-state index in [0.717, 1.165) is 6.42 Å². The number of nitrogens with zero attached hydrogens (tertiary/aromatic N) is 1. The molecule has 0 atom stereocenters. The van der Waals surface area contributed by atoms with Gasteiger partial charge in [0.05, 0.1) is 18.1 Å². The molecule has 2 aromatic rings. The molecule has 0 saturated carbocycles. The van der Waals surface area contributed by atoms with Crippen molar-refractivity contribution >= 4 is 22.7 Å². The molecule has 0 radical (unpaired) electrons. The first-order valence-electron chi connectivity index (χ1n) is 5.79. The zero-order chi connectivity index (χ0) is 13.7. The van der Waals surface area contributed by atoms with E-state index in [2.05, 4.69) is 11.4 Å². The maximum atomic E-state index is 11.0. The molecule has 1 N–H and O–H groups in total. The number of methoxy groups -OCH3 is 1. The van der Waals surface area contributed by atoms with E-state index in [9.17, 15) is 10.1 Å². The van der Waals surface area contributed by atoms with Crippen LogP contribution in [0.25, 0.3) is 0 Å². The summed E-state index contributed by atoms with van der Waals surface area (Å²) in [5.41, 5.74) is 0.549. The number of hydrogen-bond acceptors (Lipinski definition) is 5. The number of benzene rings is 1. The van der Waals surface area contributed by atoms with E-state index in [1.54, 1.807) is 23.5 Å². The van der Waals surface area contributed by atoms with Crippen molar-refractivity contribution in [1.82, 2.24) is 0 Å². The van der Waals surface area contributed by atoms with Crippen LogP contribution in [0.15, 0.2) is 35.7 Å². The molecule has 0 spiro atoms. The number of ether oxygens (including phenoxy) is 1. The molecule has 100 valence electrons. The van der Waals surface area contributed by atoms with Gasteiger partial charge in [0.1, 0.15) is 11.4 Å². The molecule has 5 nitrogen and oxygen atoms in total. The molecule has 19 heavy (non-hydrogen) atoms. The summed E-state index contributed by atoms with van der Waals surface area (Å²) >= 11 is 1.68. The van der Waals surface area contributed by atoms with Crippen LogP contribution in [-0.2, 0) is 6.42 Å². The van der Waals surface area contributed by atoms with Crippen molar-refractivity contribution in [3.63, 3.8) is 0 Å². The highest BCUT2D eigenvalue weighted by Crippen LogP contribution is 2.28. The molecule has 2 rings (SSSR count). The minimum atomic E-state index is -0.407. The van der Waals surface area contributed by atoms with E-state index in [-0.39, 0.29) is 5.69 Å². The highest BCUT2D eigenvalue weighted by atomic mass is 32.1. The highest BCUT2D eigenvalue weighted by Gasteiger charge is 2.14. The van der Waals surface area contributed by atoms with Crippen LogP contribution in [0.2, 0.25) is 0 Å². The molecule has 0 unspecified atom stereocenters. The van der Waals surface area contributed by atoms with Crippen LogP contribution in [0.1, 0.15) is 4.88 Å². The summed E-state index contributed by atoms with van der Waals surface area (Å²) in [6, 6.07) is 8.85. The van der Waals surface area contributed by atoms with Gasteiger partial charge in [-0.05, 0) is 30.0 Å². The number of nitrogens with one attached hydrogen (secondary N) is 1. The summed E-state index contributed by atoms with van der Waals surface area (Å²) in [7, 11) is 1.49. The van der Waals surface area contributed by atoms with Gasteiger partial charge >= 0.3 is 0 Å². The standard InChI is InChI=1S/C13H14N2O3S/c1-18-10-4-5-12(13(9-10)15(16)17)14-7-6-11-3-2-8-19-11/h2-5,8-9,14H,6-7H2,1H3. The van der Waals surface area contributed by atoms with Crippen molar-refractivity contribution in [1.29, 1.82) is 0 Å². The van der Waals surface area contributed by atoms with Gasteiger partial charge in [-0.3, -0.25) is 10.1 Å². The number of thiophene rings is 1. The molecule has 1 aromatic carbocycles. The SMILES string of the molecule is COc1ccc(NCCc2cccs2)c([N+](=O)[O-])c1. The number of nitro benzene ring substituents is 1. The Morgan fingerprint density at radius 2 is 2.26 bits per heavy atom. The topological polar surface area (TPSA) is 64.4 Å². The summed E-state index contributed by atoms with van der Waals surface area (Å²) in [5.74, 6) is 0.482. The van der Waals surface area contributed by atoms with Gasteiger partial charge in [-0.15, -0.1) is 11.3 Å². The molecule has 0 amide bonds. The van der Waals surface area contributed by atoms with Crippen LogP contribution in [0, 0.1) is 10.1 Å². The maximum absolute atomic E-state index is 11.0. The minimum absolute atomic E-state index is 0.0329. The fourth-order valence-electron chi connectivity index (χ4n) is 1.71. The molecular formula is C13H14N2O3S. The Labute approximate surface area is 115 Å². The first-order valence-corrected chi connectivity index (χ1v) is 6.67. The summed E-state index contributed by atoms with van der Waals surface area (Å²) in [6.07, 6.45) is 0.848. The largest absolute Gasteiger partial charge is 0.496 e. The van der Waals surface area contributed by atoms with Gasteiger partial charge in [0.2, 0.25) is 0 Å². The van der Waals surface area contributed by atoms with Gasteiger partial charge in [-0.25, -0.2) is 0 Å². The second-order valence-electron chi connectivity index (χ2n) is 3.90. The molecule has 0 bridgehead atoms. The first kappa shape index (κ1) is 13.4. The molecule has 0 aliphatic heterocycles. The maximum Gasteiger partial charge on any atom is 0.296 e. The van der Waals surface area contributed by atoms with E-state index in [4.69, 9.17) is 4.74 Å². The Morgan fingerprint density at radius 1 is 1.42 bits per heavy atom. The van der Waals surface area contributed by atoms with E-state index in [0.29, 0.717) is 18.0 Å². The molecule has 0 aliphatic rings. The second kappa shape index (κ2) is 6.19. The number of nitro groups is 1. The number of rotatable bonds is 6. The van der Waals surface area contributed by atoms with E-state index < -0.39 is 4.92 Å². The summed E-state index contributed by atoms with van der Waals surface area (Å²) in [6.45, 7) is 0.660. The fourth-order valence-corrected chi connectivity index (χ4v) is 2.42. The molecular weight excluding hydrogens is 264 g/mol. The van der Waals surface area contributed by atoms with Crippen molar-refractivity contribution in [3.8, 4) is 5.75 Å².